The first-order chi connectivity index (χ1) is 13.0. The molecule has 8 heteroatoms. The molecular weight excluding hydrogens is 346 g/mol. The third kappa shape index (κ3) is 5.19. The third-order valence-corrected chi connectivity index (χ3v) is 4.77. The molecule has 3 amide bonds. The van der Waals surface area contributed by atoms with Gasteiger partial charge in [0.2, 0.25) is 5.91 Å². The van der Waals surface area contributed by atoms with Gasteiger partial charge in [-0.25, -0.2) is 4.79 Å². The summed E-state index contributed by atoms with van der Waals surface area (Å²) in [7, 11) is 1.82. The summed E-state index contributed by atoms with van der Waals surface area (Å²) >= 11 is 0. The Labute approximate surface area is 160 Å². The van der Waals surface area contributed by atoms with Gasteiger partial charge in [0.25, 0.3) is 0 Å². The van der Waals surface area contributed by atoms with Gasteiger partial charge in [0, 0.05) is 63.0 Å². The zero-order chi connectivity index (χ0) is 19.8. The Morgan fingerprint density at radius 2 is 2.15 bits per heavy atom. The fourth-order valence-electron chi connectivity index (χ4n) is 3.16. The van der Waals surface area contributed by atoms with Crippen LogP contribution in [0, 0.1) is 5.41 Å². The van der Waals surface area contributed by atoms with Crippen molar-refractivity contribution in [2.24, 2.45) is 0 Å². The minimum absolute atomic E-state index is 0.0411. The van der Waals surface area contributed by atoms with Gasteiger partial charge in [-0.05, 0) is 25.0 Å². The molecule has 2 rings (SSSR count). The van der Waals surface area contributed by atoms with Crippen molar-refractivity contribution < 1.29 is 14.7 Å². The van der Waals surface area contributed by atoms with Gasteiger partial charge in [-0.1, -0.05) is 12.1 Å². The Hall–Kier alpha value is -2.61. The fraction of sp³-hybridized carbons (Fsp3) is 0.526. The van der Waals surface area contributed by atoms with Crippen LogP contribution in [0.1, 0.15) is 36.8 Å². The standard InChI is InChI=1S/C19H29N5O3/c1-3-22-18(26)5-4-8-23(13-25)19(27)24-11-16(12-24)14-6-7-15(10-20)17(9-14)21-2/h6-7,9-10,16,20-21,25H,3-5,8,11-13H2,1-2H3,(H,22,26). The van der Waals surface area contributed by atoms with Crippen LogP contribution in [0.5, 0.6) is 0 Å². The smallest absolute Gasteiger partial charge is 0.321 e. The van der Waals surface area contributed by atoms with Crippen molar-refractivity contribution in [2.45, 2.75) is 25.7 Å². The molecule has 8 nitrogen and oxygen atoms in total. The Kier molecular flexibility index (Phi) is 7.60. The lowest BCUT2D eigenvalue weighted by Crippen LogP contribution is -2.54. The van der Waals surface area contributed by atoms with E-state index < -0.39 is 0 Å². The molecule has 4 N–H and O–H groups in total. The molecule has 0 saturated carbocycles. The number of amides is 3. The van der Waals surface area contributed by atoms with Crippen molar-refractivity contribution in [3.63, 3.8) is 0 Å². The van der Waals surface area contributed by atoms with Crippen LogP contribution in [-0.4, -0.2) is 73.0 Å². The van der Waals surface area contributed by atoms with Crippen molar-refractivity contribution >= 4 is 23.8 Å². The van der Waals surface area contributed by atoms with Crippen molar-refractivity contribution in [1.82, 2.24) is 15.1 Å². The molecule has 1 aliphatic rings. The number of nitrogens with one attached hydrogen (secondary N) is 3. The molecule has 0 aromatic heterocycles. The van der Waals surface area contributed by atoms with E-state index in [9.17, 15) is 14.7 Å². The molecule has 1 fully saturated rings. The number of hydrogen-bond acceptors (Lipinski definition) is 5. The quantitative estimate of drug-likeness (QED) is 0.386. The van der Waals surface area contributed by atoms with Gasteiger partial charge in [0.1, 0.15) is 6.73 Å². The normalized spacial score (nSPS) is 13.7. The van der Waals surface area contributed by atoms with Crippen molar-refractivity contribution in [1.29, 1.82) is 5.41 Å². The number of carbonyl (C=O) groups excluding carboxylic acids is 2. The first-order valence-corrected chi connectivity index (χ1v) is 9.27. The number of hydrogen-bond donors (Lipinski definition) is 4. The van der Waals surface area contributed by atoms with Crippen LogP contribution in [0.15, 0.2) is 18.2 Å². The minimum atomic E-state index is -0.354. The van der Waals surface area contributed by atoms with Crippen LogP contribution < -0.4 is 10.6 Å². The molecular formula is C19H29N5O3. The lowest BCUT2D eigenvalue weighted by atomic mass is 9.90. The fourth-order valence-corrected chi connectivity index (χ4v) is 3.16. The summed E-state index contributed by atoms with van der Waals surface area (Å²) < 4.78 is 0. The summed E-state index contributed by atoms with van der Waals surface area (Å²) in [6, 6.07) is 5.71. The van der Waals surface area contributed by atoms with E-state index in [0.29, 0.717) is 39.0 Å². The maximum atomic E-state index is 12.5. The van der Waals surface area contributed by atoms with Gasteiger partial charge < -0.3 is 30.9 Å². The molecule has 0 spiro atoms. The van der Waals surface area contributed by atoms with Gasteiger partial charge in [-0.2, -0.15) is 0 Å². The van der Waals surface area contributed by atoms with Crippen LogP contribution in [-0.2, 0) is 4.79 Å². The van der Waals surface area contributed by atoms with E-state index in [1.165, 1.54) is 11.1 Å². The summed E-state index contributed by atoms with van der Waals surface area (Å²) in [4.78, 5) is 27.1. The van der Waals surface area contributed by atoms with Crippen molar-refractivity contribution in [2.75, 3.05) is 45.3 Å². The molecule has 0 unspecified atom stereocenters. The average molecular weight is 375 g/mol. The van der Waals surface area contributed by atoms with Crippen molar-refractivity contribution in [3.05, 3.63) is 29.3 Å². The predicted molar refractivity (Wildman–Crippen MR) is 105 cm³/mol. The summed E-state index contributed by atoms with van der Waals surface area (Å²) in [6.45, 7) is 3.64. The monoisotopic (exact) mass is 375 g/mol. The zero-order valence-corrected chi connectivity index (χ0v) is 16.0. The van der Waals surface area contributed by atoms with Crippen LogP contribution in [0.4, 0.5) is 10.5 Å². The second-order valence-electron chi connectivity index (χ2n) is 6.59. The molecule has 0 aliphatic carbocycles. The van der Waals surface area contributed by atoms with E-state index in [-0.39, 0.29) is 24.6 Å². The van der Waals surface area contributed by atoms with Gasteiger partial charge in [-0.3, -0.25) is 4.79 Å². The van der Waals surface area contributed by atoms with Crippen LogP contribution in [0.3, 0.4) is 0 Å². The maximum Gasteiger partial charge on any atom is 0.321 e. The van der Waals surface area contributed by atoms with Crippen LogP contribution in [0.25, 0.3) is 0 Å². The van der Waals surface area contributed by atoms with E-state index >= 15 is 0 Å². The van der Waals surface area contributed by atoms with Gasteiger partial charge in [0.05, 0.1) is 0 Å². The van der Waals surface area contributed by atoms with E-state index in [2.05, 4.69) is 10.6 Å². The predicted octanol–water partition coefficient (Wildman–Crippen LogP) is 1.41. The van der Waals surface area contributed by atoms with Crippen LogP contribution >= 0.6 is 0 Å². The lowest BCUT2D eigenvalue weighted by Gasteiger charge is -2.42. The summed E-state index contributed by atoms with van der Waals surface area (Å²) in [6.07, 6.45) is 2.17. The van der Waals surface area contributed by atoms with E-state index in [1.54, 1.807) is 4.90 Å². The average Bonchev–Trinajstić information content (AvgIpc) is 2.64. The number of anilines is 1. The number of likely N-dealkylation sites (tertiary alicyclic amines) is 1. The number of aliphatic hydroxyl groups excluding tert-OH is 1. The van der Waals surface area contributed by atoms with E-state index in [4.69, 9.17) is 5.41 Å². The van der Waals surface area contributed by atoms with Gasteiger partial charge in [-0.15, -0.1) is 0 Å². The summed E-state index contributed by atoms with van der Waals surface area (Å²) in [5, 5.41) is 22.7. The Morgan fingerprint density at radius 1 is 1.41 bits per heavy atom. The number of benzene rings is 1. The molecule has 27 heavy (non-hydrogen) atoms. The molecule has 1 aromatic carbocycles. The summed E-state index contributed by atoms with van der Waals surface area (Å²) in [5.41, 5.74) is 2.85. The first-order valence-electron chi connectivity index (χ1n) is 9.27. The second kappa shape index (κ2) is 9.91. The molecule has 0 radical (unpaired) electrons. The molecule has 0 atom stereocenters. The number of rotatable bonds is 9. The highest BCUT2D eigenvalue weighted by Crippen LogP contribution is 2.30. The number of aliphatic hydroxyl groups is 1. The first kappa shape index (κ1) is 20.7. The SMILES string of the molecule is CCNC(=O)CCCN(CO)C(=O)N1CC(c2ccc(C=N)c(NC)c2)C1. The van der Waals surface area contributed by atoms with Gasteiger partial charge >= 0.3 is 6.03 Å². The maximum absolute atomic E-state index is 12.5. The molecule has 1 aromatic rings. The largest absolute Gasteiger partial charge is 0.388 e. The summed E-state index contributed by atoms with van der Waals surface area (Å²) in [5.74, 6) is 0.206. The molecule has 1 aliphatic heterocycles. The molecule has 1 saturated heterocycles. The minimum Gasteiger partial charge on any atom is -0.388 e. The number of urea groups is 1. The highest BCUT2D eigenvalue weighted by molar-refractivity contribution is 5.86. The Balaban J connectivity index is 1.85. The Morgan fingerprint density at radius 3 is 2.74 bits per heavy atom. The number of nitrogens with zero attached hydrogens (tertiary/aromatic N) is 2. The highest BCUT2D eigenvalue weighted by atomic mass is 16.3. The van der Waals surface area contributed by atoms with Crippen molar-refractivity contribution in [3.8, 4) is 0 Å². The van der Waals surface area contributed by atoms with Crippen LogP contribution in [0.2, 0.25) is 0 Å². The topological polar surface area (TPSA) is 109 Å². The molecule has 148 valence electrons. The Bertz CT molecular complexity index is 673. The van der Waals surface area contributed by atoms with E-state index in [0.717, 1.165) is 16.8 Å². The lowest BCUT2D eigenvalue weighted by molar-refractivity contribution is -0.121. The third-order valence-electron chi connectivity index (χ3n) is 4.77. The van der Waals surface area contributed by atoms with E-state index in [1.807, 2.05) is 32.2 Å². The number of carbonyl (C=O) groups is 2. The second-order valence-corrected chi connectivity index (χ2v) is 6.59. The highest BCUT2D eigenvalue weighted by Gasteiger charge is 2.34. The zero-order valence-electron chi connectivity index (χ0n) is 16.0. The molecule has 1 heterocycles. The molecule has 0 bridgehead atoms. The van der Waals surface area contributed by atoms with Gasteiger partial charge in [0.15, 0.2) is 0 Å².